The Balaban J connectivity index is 1.99. The van der Waals surface area contributed by atoms with Crippen LogP contribution < -0.4 is 5.32 Å². The predicted octanol–water partition coefficient (Wildman–Crippen LogP) is 1.98. The average Bonchev–Trinajstić information content (AvgIpc) is 3.17. The number of aromatic nitrogens is 5. The summed E-state index contributed by atoms with van der Waals surface area (Å²) in [4.78, 5) is 13.5. The van der Waals surface area contributed by atoms with Gasteiger partial charge >= 0.3 is 0 Å². The molecule has 2 aromatic rings. The fourth-order valence-electron chi connectivity index (χ4n) is 1.84. The van der Waals surface area contributed by atoms with Crippen molar-refractivity contribution in [1.82, 2.24) is 24.7 Å². The van der Waals surface area contributed by atoms with Crippen LogP contribution in [0.2, 0.25) is 0 Å². The Labute approximate surface area is 116 Å². The largest absolute Gasteiger partial charge is 0.373 e. The lowest BCUT2D eigenvalue weighted by Gasteiger charge is -2.11. The summed E-state index contributed by atoms with van der Waals surface area (Å²) in [5.74, 6) is 2.38. The molecular formula is C12H16N6S. The maximum absolute atomic E-state index is 4.69. The third-order valence-electron chi connectivity index (χ3n) is 3.16. The van der Waals surface area contributed by atoms with E-state index in [9.17, 15) is 0 Å². The van der Waals surface area contributed by atoms with Crippen LogP contribution in [0.25, 0.3) is 0 Å². The van der Waals surface area contributed by atoms with Gasteiger partial charge in [-0.05, 0) is 31.5 Å². The molecule has 100 valence electrons. The SMILES string of the molecule is CNc1nc(C2CC2)nc(Sc2ncnn2C)c1C. The number of hydrogen-bond acceptors (Lipinski definition) is 6. The Morgan fingerprint density at radius 3 is 2.74 bits per heavy atom. The van der Waals surface area contributed by atoms with Crippen LogP contribution in [0, 0.1) is 6.92 Å². The molecule has 0 amide bonds. The van der Waals surface area contributed by atoms with E-state index in [1.54, 1.807) is 11.0 Å². The van der Waals surface area contributed by atoms with Crippen LogP contribution in [0.3, 0.4) is 0 Å². The highest BCUT2D eigenvalue weighted by atomic mass is 32.2. The molecule has 1 N–H and O–H groups in total. The molecule has 6 nitrogen and oxygen atoms in total. The second-order valence-electron chi connectivity index (χ2n) is 4.65. The molecule has 2 aromatic heterocycles. The number of nitrogens with one attached hydrogen (secondary N) is 1. The molecule has 1 aliphatic carbocycles. The van der Waals surface area contributed by atoms with E-state index in [0.29, 0.717) is 5.92 Å². The molecule has 0 saturated heterocycles. The highest BCUT2D eigenvalue weighted by Crippen LogP contribution is 2.40. The second kappa shape index (κ2) is 4.80. The molecule has 0 spiro atoms. The first kappa shape index (κ1) is 12.4. The van der Waals surface area contributed by atoms with Crippen LogP contribution in [-0.2, 0) is 7.05 Å². The van der Waals surface area contributed by atoms with Gasteiger partial charge in [-0.25, -0.2) is 19.6 Å². The van der Waals surface area contributed by atoms with Crippen molar-refractivity contribution in [2.75, 3.05) is 12.4 Å². The summed E-state index contributed by atoms with van der Waals surface area (Å²) in [5.41, 5.74) is 1.06. The number of aryl methyl sites for hydroxylation is 1. The van der Waals surface area contributed by atoms with Crippen LogP contribution in [0.4, 0.5) is 5.82 Å². The molecule has 2 heterocycles. The van der Waals surface area contributed by atoms with Gasteiger partial charge in [0.2, 0.25) is 0 Å². The maximum atomic E-state index is 4.69. The molecule has 0 aliphatic heterocycles. The monoisotopic (exact) mass is 276 g/mol. The Bertz CT molecular complexity index is 604. The standard InChI is InChI=1S/C12H16N6S/c1-7-9(13-2)16-10(8-4-5-8)17-11(7)19-12-14-6-15-18(12)3/h6,8H,4-5H2,1-3H3,(H,13,16,17). The fraction of sp³-hybridized carbons (Fsp3) is 0.500. The van der Waals surface area contributed by atoms with Crippen molar-refractivity contribution in [3.63, 3.8) is 0 Å². The van der Waals surface area contributed by atoms with Crippen LogP contribution in [-0.4, -0.2) is 31.8 Å². The van der Waals surface area contributed by atoms with E-state index < -0.39 is 0 Å². The van der Waals surface area contributed by atoms with Gasteiger partial charge in [-0.3, -0.25) is 0 Å². The molecule has 19 heavy (non-hydrogen) atoms. The molecule has 0 atom stereocenters. The van der Waals surface area contributed by atoms with E-state index in [1.807, 2.05) is 21.0 Å². The number of hydrogen-bond donors (Lipinski definition) is 1. The first-order chi connectivity index (χ1) is 9.19. The molecule has 0 unspecified atom stereocenters. The quantitative estimate of drug-likeness (QED) is 0.861. The van der Waals surface area contributed by atoms with Gasteiger partial charge in [0.1, 0.15) is 23.0 Å². The molecule has 0 radical (unpaired) electrons. The zero-order valence-electron chi connectivity index (χ0n) is 11.2. The molecule has 1 fully saturated rings. The van der Waals surface area contributed by atoms with Gasteiger partial charge in [-0.15, -0.1) is 0 Å². The van der Waals surface area contributed by atoms with E-state index in [2.05, 4.69) is 25.4 Å². The zero-order valence-corrected chi connectivity index (χ0v) is 12.0. The summed E-state index contributed by atoms with van der Waals surface area (Å²) in [7, 11) is 3.77. The van der Waals surface area contributed by atoms with Crippen LogP contribution in [0.15, 0.2) is 16.5 Å². The molecule has 0 bridgehead atoms. The minimum absolute atomic E-state index is 0.534. The van der Waals surface area contributed by atoms with Crippen molar-refractivity contribution in [3.8, 4) is 0 Å². The molecule has 3 rings (SSSR count). The van der Waals surface area contributed by atoms with Crippen molar-refractivity contribution in [2.45, 2.75) is 35.9 Å². The van der Waals surface area contributed by atoms with Gasteiger partial charge in [0.15, 0.2) is 5.16 Å². The van der Waals surface area contributed by atoms with E-state index in [0.717, 1.165) is 27.4 Å². The molecule has 1 aliphatic rings. The summed E-state index contributed by atoms with van der Waals surface area (Å²) >= 11 is 1.53. The van der Waals surface area contributed by atoms with E-state index in [1.165, 1.54) is 24.6 Å². The number of rotatable bonds is 4. The van der Waals surface area contributed by atoms with Crippen molar-refractivity contribution in [1.29, 1.82) is 0 Å². The molecule has 0 aromatic carbocycles. The zero-order chi connectivity index (χ0) is 13.4. The third kappa shape index (κ3) is 2.42. The molecular weight excluding hydrogens is 260 g/mol. The van der Waals surface area contributed by atoms with Gasteiger partial charge in [-0.1, -0.05) is 0 Å². The Morgan fingerprint density at radius 1 is 1.37 bits per heavy atom. The first-order valence-corrected chi connectivity index (χ1v) is 7.09. The highest BCUT2D eigenvalue weighted by Gasteiger charge is 2.28. The summed E-state index contributed by atoms with van der Waals surface area (Å²) in [6.07, 6.45) is 3.94. The second-order valence-corrected chi connectivity index (χ2v) is 5.61. The molecule has 1 saturated carbocycles. The minimum Gasteiger partial charge on any atom is -0.373 e. The fourth-order valence-corrected chi connectivity index (χ4v) is 2.68. The minimum atomic E-state index is 0.534. The summed E-state index contributed by atoms with van der Waals surface area (Å²) in [5, 5.41) is 9.02. The lowest BCUT2D eigenvalue weighted by atomic mass is 10.3. The third-order valence-corrected chi connectivity index (χ3v) is 4.30. The topological polar surface area (TPSA) is 68.5 Å². The van der Waals surface area contributed by atoms with Gasteiger partial charge < -0.3 is 5.32 Å². The van der Waals surface area contributed by atoms with Crippen molar-refractivity contribution < 1.29 is 0 Å². The predicted molar refractivity (Wildman–Crippen MR) is 73.4 cm³/mol. The van der Waals surface area contributed by atoms with Crippen molar-refractivity contribution >= 4 is 17.6 Å². The Morgan fingerprint density at radius 2 is 2.16 bits per heavy atom. The van der Waals surface area contributed by atoms with E-state index in [4.69, 9.17) is 0 Å². The van der Waals surface area contributed by atoms with Gasteiger partial charge in [0.25, 0.3) is 0 Å². The summed E-state index contributed by atoms with van der Waals surface area (Å²) in [6, 6.07) is 0. The number of anilines is 1. The maximum Gasteiger partial charge on any atom is 0.192 e. The van der Waals surface area contributed by atoms with Crippen molar-refractivity contribution in [2.24, 2.45) is 7.05 Å². The lowest BCUT2D eigenvalue weighted by Crippen LogP contribution is -2.04. The van der Waals surface area contributed by atoms with Crippen LogP contribution >= 0.6 is 11.8 Å². The van der Waals surface area contributed by atoms with Crippen molar-refractivity contribution in [3.05, 3.63) is 17.7 Å². The van der Waals surface area contributed by atoms with E-state index in [-0.39, 0.29) is 0 Å². The average molecular weight is 276 g/mol. The van der Waals surface area contributed by atoms with Gasteiger partial charge in [-0.2, -0.15) is 5.10 Å². The van der Waals surface area contributed by atoms with E-state index >= 15 is 0 Å². The summed E-state index contributed by atoms with van der Waals surface area (Å²) in [6.45, 7) is 2.03. The first-order valence-electron chi connectivity index (χ1n) is 6.27. The van der Waals surface area contributed by atoms with Gasteiger partial charge in [0.05, 0.1) is 0 Å². The molecule has 7 heteroatoms. The van der Waals surface area contributed by atoms with Gasteiger partial charge in [0, 0.05) is 25.6 Å². The normalized spacial score (nSPS) is 14.7. The summed E-state index contributed by atoms with van der Waals surface area (Å²) < 4.78 is 1.75. The lowest BCUT2D eigenvalue weighted by molar-refractivity contribution is 0.684. The van der Waals surface area contributed by atoms with Crippen LogP contribution in [0.1, 0.15) is 30.1 Å². The number of nitrogens with zero attached hydrogens (tertiary/aromatic N) is 5. The van der Waals surface area contributed by atoms with Crippen LogP contribution in [0.5, 0.6) is 0 Å². The Hall–Kier alpha value is -1.63. The Kier molecular flexibility index (Phi) is 3.14. The highest BCUT2D eigenvalue weighted by molar-refractivity contribution is 7.99. The smallest absolute Gasteiger partial charge is 0.192 e.